The van der Waals surface area contributed by atoms with E-state index in [1.54, 1.807) is 24.3 Å². The van der Waals surface area contributed by atoms with E-state index in [0.717, 1.165) is 114 Å². The molecule has 4 aliphatic rings. The lowest BCUT2D eigenvalue weighted by atomic mass is 9.83. The third kappa shape index (κ3) is 24.5. The molecule has 0 bridgehead atoms. The number of hydrogen-bond donors (Lipinski definition) is 4. The summed E-state index contributed by atoms with van der Waals surface area (Å²) in [5.41, 5.74) is 8.89. The van der Waals surface area contributed by atoms with Crippen LogP contribution in [0.4, 0.5) is 0 Å². The lowest BCUT2D eigenvalue weighted by molar-refractivity contribution is 0.0546. The van der Waals surface area contributed by atoms with Crippen molar-refractivity contribution in [2.75, 3.05) is 78.2 Å². The Labute approximate surface area is 419 Å². The highest BCUT2D eigenvalue weighted by molar-refractivity contribution is 8.13. The first kappa shape index (κ1) is 61.0. The van der Waals surface area contributed by atoms with Crippen molar-refractivity contribution in [3.05, 3.63) is 70.8 Å². The predicted octanol–water partition coefficient (Wildman–Crippen LogP) is 6.98. The van der Waals surface area contributed by atoms with Gasteiger partial charge >= 0.3 is 0 Å². The Bertz CT molecular complexity index is 1930. The van der Waals surface area contributed by atoms with Crippen LogP contribution in [0.2, 0.25) is 0 Å². The summed E-state index contributed by atoms with van der Waals surface area (Å²) in [6, 6.07) is 15.3. The smallest absolute Gasteiger partial charge is 0.251 e. The number of benzene rings is 2. The van der Waals surface area contributed by atoms with E-state index in [2.05, 4.69) is 49.7 Å². The fraction of sp³-hybridized carbons (Fsp3) is 0.708. The van der Waals surface area contributed by atoms with Crippen LogP contribution in [-0.4, -0.2) is 129 Å². The first-order valence-corrected chi connectivity index (χ1v) is 28.6. The molecule has 14 nitrogen and oxygen atoms in total. The van der Waals surface area contributed by atoms with E-state index < -0.39 is 19.1 Å². The second-order valence-electron chi connectivity index (χ2n) is 18.5. The normalized spacial score (nSPS) is 23.7. The monoisotopic (exact) mass is 1040 g/mol. The summed E-state index contributed by atoms with van der Waals surface area (Å²) in [4.78, 5) is 30.8. The van der Waals surface area contributed by atoms with Crippen molar-refractivity contribution < 1.29 is 35.9 Å². The highest BCUT2D eigenvalue weighted by Crippen LogP contribution is 2.29. The molecule has 6 atom stereocenters. The average Bonchev–Trinajstić information content (AvgIpc) is 3.28. The Balaban J connectivity index is 0.000000409. The molecule has 2 amide bonds. The maximum absolute atomic E-state index is 12.9. The van der Waals surface area contributed by atoms with E-state index in [4.69, 9.17) is 15.2 Å². The maximum Gasteiger partial charge on any atom is 0.251 e. The number of carbonyl (C=O) groups excluding carboxylic acids is 2. The Kier molecular flexibility index (Phi) is 29.1. The molecule has 6 rings (SSSR count). The second kappa shape index (κ2) is 32.0. The maximum atomic E-state index is 12.9. The molecular formula is C48H81Cl3N6O8S2. The molecule has 384 valence electrons. The van der Waals surface area contributed by atoms with Crippen molar-refractivity contribution >= 4 is 66.4 Å². The molecule has 2 aromatic rings. The minimum absolute atomic E-state index is 0. The van der Waals surface area contributed by atoms with Crippen molar-refractivity contribution in [2.45, 2.75) is 116 Å². The van der Waals surface area contributed by atoms with Crippen LogP contribution in [0.15, 0.2) is 48.5 Å². The van der Waals surface area contributed by atoms with Gasteiger partial charge in [0, 0.05) is 86.4 Å². The number of rotatable bonds is 18. The van der Waals surface area contributed by atoms with E-state index >= 15 is 0 Å². The van der Waals surface area contributed by atoms with E-state index in [1.807, 2.05) is 24.3 Å². The van der Waals surface area contributed by atoms with E-state index in [0.29, 0.717) is 35.8 Å². The van der Waals surface area contributed by atoms with Crippen molar-refractivity contribution in [1.82, 2.24) is 25.2 Å². The Hall–Kier alpha value is -2.09. The van der Waals surface area contributed by atoms with Crippen LogP contribution in [0.3, 0.4) is 0 Å². The molecule has 2 saturated heterocycles. The number of ether oxygens (including phenoxy) is 2. The first-order chi connectivity index (χ1) is 31.0. The van der Waals surface area contributed by atoms with Gasteiger partial charge < -0.3 is 35.6 Å². The SMILES string of the molecule is CCOC[C@@H]1CCCN(C[C@H]2CCCC[C@@H]2NC(=O)c2ccc(CN)cc2)C1.CCOC[C@@H]1CCCN(C[C@H]2CCCC[C@@H]2NC(=O)c2ccc(CNS(C)(=O)=O)cc2)C1.CS(=O)(=O)Cl.Cl.Cl. The largest absolute Gasteiger partial charge is 0.381 e. The number of likely N-dealkylation sites (tertiary alicyclic amines) is 2. The molecule has 2 aliphatic carbocycles. The molecule has 2 aromatic carbocycles. The summed E-state index contributed by atoms with van der Waals surface area (Å²) >= 11 is 0. The van der Waals surface area contributed by atoms with Crippen LogP contribution in [0.1, 0.15) is 123 Å². The summed E-state index contributed by atoms with van der Waals surface area (Å²) in [6.07, 6.45) is 16.4. The van der Waals surface area contributed by atoms with Crippen molar-refractivity contribution in [3.63, 3.8) is 0 Å². The van der Waals surface area contributed by atoms with Crippen molar-refractivity contribution in [1.29, 1.82) is 0 Å². The average molecular weight is 1040 g/mol. The van der Waals surface area contributed by atoms with Crippen molar-refractivity contribution in [2.24, 2.45) is 29.4 Å². The molecule has 19 heteroatoms. The number of nitrogens with zero attached hydrogens (tertiary/aromatic N) is 2. The van der Waals surface area contributed by atoms with E-state index in [-0.39, 0.29) is 55.3 Å². The second-order valence-corrected chi connectivity index (χ2v) is 23.4. The molecule has 0 radical (unpaired) electrons. The number of nitrogens with one attached hydrogen (secondary N) is 3. The van der Waals surface area contributed by atoms with Gasteiger partial charge in [0.15, 0.2) is 0 Å². The van der Waals surface area contributed by atoms with Gasteiger partial charge in [-0.1, -0.05) is 49.9 Å². The number of piperidine rings is 2. The number of hydrogen-bond acceptors (Lipinski definition) is 11. The molecule has 0 aromatic heterocycles. The Morgan fingerprint density at radius 1 is 0.642 bits per heavy atom. The summed E-state index contributed by atoms with van der Waals surface area (Å²) in [5.74, 6) is 2.32. The summed E-state index contributed by atoms with van der Waals surface area (Å²) in [5, 5.41) is 6.63. The van der Waals surface area contributed by atoms with E-state index in [1.165, 1.54) is 57.9 Å². The number of amides is 2. The number of sulfonamides is 1. The van der Waals surface area contributed by atoms with E-state index in [9.17, 15) is 26.4 Å². The van der Waals surface area contributed by atoms with Gasteiger partial charge in [0.25, 0.3) is 11.8 Å². The van der Waals surface area contributed by atoms with Crippen LogP contribution < -0.4 is 21.1 Å². The summed E-state index contributed by atoms with van der Waals surface area (Å²) in [6.45, 7) is 14.9. The first-order valence-electron chi connectivity index (χ1n) is 24.0. The molecule has 0 unspecified atom stereocenters. The van der Waals surface area contributed by atoms with Crippen LogP contribution in [0, 0.1) is 23.7 Å². The molecule has 5 N–H and O–H groups in total. The summed E-state index contributed by atoms with van der Waals surface area (Å²) < 4.78 is 55.1. The van der Waals surface area contributed by atoms with Gasteiger partial charge in [-0.15, -0.1) is 24.8 Å². The fourth-order valence-electron chi connectivity index (χ4n) is 9.66. The van der Waals surface area contributed by atoms with Gasteiger partial charge in [0.1, 0.15) is 0 Å². The Morgan fingerprint density at radius 3 is 1.40 bits per heavy atom. The molecule has 2 heterocycles. The Morgan fingerprint density at radius 2 is 1.03 bits per heavy atom. The van der Waals surface area contributed by atoms with Crippen molar-refractivity contribution in [3.8, 4) is 0 Å². The minimum Gasteiger partial charge on any atom is -0.381 e. The molecule has 2 saturated carbocycles. The van der Waals surface area contributed by atoms with Crippen LogP contribution in [0.5, 0.6) is 0 Å². The quantitative estimate of drug-likeness (QED) is 0.113. The zero-order valence-electron chi connectivity index (χ0n) is 40.3. The van der Waals surface area contributed by atoms with Gasteiger partial charge in [-0.2, -0.15) is 0 Å². The number of carbonyl (C=O) groups is 2. The molecular weight excluding hydrogens is 959 g/mol. The molecule has 4 fully saturated rings. The molecule has 67 heavy (non-hydrogen) atoms. The van der Waals surface area contributed by atoms with Crippen LogP contribution in [-0.2, 0) is 41.6 Å². The predicted molar refractivity (Wildman–Crippen MR) is 275 cm³/mol. The highest BCUT2D eigenvalue weighted by Gasteiger charge is 2.32. The third-order valence-electron chi connectivity index (χ3n) is 13.0. The fourth-order valence-corrected chi connectivity index (χ4v) is 10.1. The third-order valence-corrected chi connectivity index (χ3v) is 13.6. The number of nitrogens with two attached hydrogens (primary N) is 1. The minimum atomic E-state index is -3.24. The molecule has 2 aliphatic heterocycles. The van der Waals surface area contributed by atoms with Crippen LogP contribution >= 0.6 is 35.5 Å². The van der Waals surface area contributed by atoms with Gasteiger partial charge in [-0.3, -0.25) is 9.59 Å². The summed E-state index contributed by atoms with van der Waals surface area (Å²) in [7, 11) is -1.93. The zero-order chi connectivity index (χ0) is 47.2. The van der Waals surface area contributed by atoms with Gasteiger partial charge in [0.2, 0.25) is 19.1 Å². The molecule has 0 spiro atoms. The number of halogens is 3. The topological polar surface area (TPSA) is 189 Å². The lowest BCUT2D eigenvalue weighted by Gasteiger charge is -2.39. The van der Waals surface area contributed by atoms with Gasteiger partial charge in [-0.05, 0) is 137 Å². The lowest BCUT2D eigenvalue weighted by Crippen LogP contribution is -2.48. The zero-order valence-corrected chi connectivity index (χ0v) is 44.3. The van der Waals surface area contributed by atoms with Gasteiger partial charge in [-0.25, -0.2) is 21.6 Å². The van der Waals surface area contributed by atoms with Gasteiger partial charge in [0.05, 0.1) is 25.7 Å². The standard InChI is InChI=1S/C24H39N3O4S.C23H37N3O2.CH3ClO2S.2ClH/c1-3-31-18-20-7-6-14-27(16-20)17-22-8-4-5-9-23(22)26-24(28)21-12-10-19(11-13-21)15-25-32(2,29)30;1-2-28-17-19-6-5-13-26(15-19)16-21-7-3-4-8-22(21)25-23(27)20-11-9-18(14-24)10-12-20;1-5(2,3)4;;/h10-13,20,22-23,25H,3-9,14-18H2,1-2H3,(H,26,28);9-12,19,21-22H,2-8,13-17,24H2,1H3,(H,25,27);1H3;2*1H/t20-,22-,23+;19-,21-,22+;;;/m11.../s1. The highest BCUT2D eigenvalue weighted by atomic mass is 35.7. The van der Waals surface area contributed by atoms with Crippen LogP contribution in [0.25, 0.3) is 0 Å².